The average molecular weight is 237 g/mol. The summed E-state index contributed by atoms with van der Waals surface area (Å²) in [5, 5.41) is 18.6. The van der Waals surface area contributed by atoms with Crippen molar-refractivity contribution in [1.29, 1.82) is 0 Å². The lowest BCUT2D eigenvalue weighted by Gasteiger charge is -2.19. The number of nitrogens with two attached hydrogens (primary N) is 2. The summed E-state index contributed by atoms with van der Waals surface area (Å²) < 4.78 is 0. The lowest BCUT2D eigenvalue weighted by Crippen LogP contribution is -2.32. The summed E-state index contributed by atoms with van der Waals surface area (Å²) >= 11 is 0. The van der Waals surface area contributed by atoms with Crippen molar-refractivity contribution in [2.45, 2.75) is 18.6 Å². The minimum Gasteiger partial charge on any atom is -0.399 e. The number of benzene rings is 1. The van der Waals surface area contributed by atoms with E-state index in [4.69, 9.17) is 16.6 Å². The summed E-state index contributed by atoms with van der Waals surface area (Å²) in [6, 6.07) is 5.50. The molecule has 1 heterocycles. The second-order valence-corrected chi connectivity index (χ2v) is 4.49. The molecule has 1 aromatic rings. The highest BCUT2D eigenvalue weighted by Gasteiger charge is 2.28. The molecule has 0 aromatic heterocycles. The first-order valence-corrected chi connectivity index (χ1v) is 5.79. The molecule has 0 amide bonds. The van der Waals surface area contributed by atoms with Gasteiger partial charge < -0.3 is 26.6 Å². The van der Waals surface area contributed by atoms with Crippen molar-refractivity contribution in [3.05, 3.63) is 23.8 Å². The Morgan fingerprint density at radius 3 is 2.71 bits per heavy atom. The number of anilines is 2. The molecule has 1 aromatic carbocycles. The fourth-order valence-electron chi connectivity index (χ4n) is 2.15. The minimum atomic E-state index is -0.478. The van der Waals surface area contributed by atoms with Gasteiger partial charge in [-0.1, -0.05) is 0 Å². The normalized spacial score (nSPS) is 24.3. The first-order chi connectivity index (χ1) is 8.11. The summed E-state index contributed by atoms with van der Waals surface area (Å²) in [4.78, 5) is 2.04. The number of nitrogen functional groups attached to an aromatic ring is 1. The number of rotatable bonds is 3. The molecular formula is C12H19N3O2. The van der Waals surface area contributed by atoms with Gasteiger partial charge in [0.05, 0.1) is 6.10 Å². The van der Waals surface area contributed by atoms with Crippen LogP contribution in [-0.4, -0.2) is 42.1 Å². The van der Waals surface area contributed by atoms with Crippen molar-refractivity contribution in [1.82, 2.24) is 0 Å². The molecule has 2 unspecified atom stereocenters. The quantitative estimate of drug-likeness (QED) is 0.522. The molecule has 6 N–H and O–H groups in total. The number of β-amino-alcohol motifs (C(OH)–C–C–N with tert-alkyl or cyclic N) is 1. The summed E-state index contributed by atoms with van der Waals surface area (Å²) in [6.07, 6.45) is 0.0658. The smallest absolute Gasteiger partial charge is 0.0882 e. The van der Waals surface area contributed by atoms with E-state index < -0.39 is 6.10 Å². The van der Waals surface area contributed by atoms with Gasteiger partial charge in [0.15, 0.2) is 0 Å². The van der Waals surface area contributed by atoms with Gasteiger partial charge in [-0.3, -0.25) is 0 Å². The van der Waals surface area contributed by atoms with Crippen LogP contribution >= 0.6 is 0 Å². The first kappa shape index (κ1) is 12.2. The SMILES string of the molecule is Nc1ccc(N2CC(N)C(O)C2)cc1CCO. The molecule has 5 heteroatoms. The van der Waals surface area contributed by atoms with Gasteiger partial charge in [0, 0.05) is 37.1 Å². The molecule has 2 atom stereocenters. The summed E-state index contributed by atoms with van der Waals surface area (Å²) in [5.41, 5.74) is 14.2. The van der Waals surface area contributed by atoms with Crippen molar-refractivity contribution in [2.24, 2.45) is 5.73 Å². The van der Waals surface area contributed by atoms with Crippen molar-refractivity contribution in [2.75, 3.05) is 30.3 Å². The molecule has 1 saturated heterocycles. The Hall–Kier alpha value is -1.30. The Balaban J connectivity index is 2.19. The van der Waals surface area contributed by atoms with Crippen molar-refractivity contribution >= 4 is 11.4 Å². The number of hydrogen-bond acceptors (Lipinski definition) is 5. The monoisotopic (exact) mass is 237 g/mol. The number of aliphatic hydroxyl groups is 2. The van der Waals surface area contributed by atoms with Crippen molar-refractivity contribution in [3.63, 3.8) is 0 Å². The molecule has 0 radical (unpaired) electrons. The van der Waals surface area contributed by atoms with E-state index in [-0.39, 0.29) is 12.6 Å². The average Bonchev–Trinajstić information content (AvgIpc) is 2.63. The molecule has 0 aliphatic carbocycles. The van der Waals surface area contributed by atoms with Gasteiger partial charge in [0.25, 0.3) is 0 Å². The van der Waals surface area contributed by atoms with E-state index in [1.54, 1.807) is 0 Å². The standard InChI is InChI=1S/C12H19N3O2/c13-10-2-1-9(5-8(10)3-4-16)15-6-11(14)12(17)7-15/h1-2,5,11-12,16-17H,3-4,6-7,13-14H2. The molecule has 94 valence electrons. The van der Waals surface area contributed by atoms with Gasteiger partial charge in [-0.05, 0) is 30.2 Å². The number of hydrogen-bond donors (Lipinski definition) is 4. The lowest BCUT2D eigenvalue weighted by molar-refractivity contribution is 0.180. The second kappa shape index (κ2) is 4.91. The third kappa shape index (κ3) is 2.52. The summed E-state index contributed by atoms with van der Waals surface area (Å²) in [5.74, 6) is 0. The zero-order valence-electron chi connectivity index (χ0n) is 9.71. The maximum absolute atomic E-state index is 9.63. The molecular weight excluding hydrogens is 218 g/mol. The fourth-order valence-corrected chi connectivity index (χ4v) is 2.15. The van der Waals surface area contributed by atoms with Crippen molar-refractivity contribution in [3.8, 4) is 0 Å². The topological polar surface area (TPSA) is 95.7 Å². The van der Waals surface area contributed by atoms with E-state index in [9.17, 15) is 5.11 Å². The van der Waals surface area contributed by atoms with Crippen LogP contribution in [0, 0.1) is 0 Å². The first-order valence-electron chi connectivity index (χ1n) is 5.79. The largest absolute Gasteiger partial charge is 0.399 e. The molecule has 17 heavy (non-hydrogen) atoms. The molecule has 1 fully saturated rings. The highest BCUT2D eigenvalue weighted by Crippen LogP contribution is 2.24. The predicted octanol–water partition coefficient (Wildman–Crippen LogP) is -0.688. The molecule has 0 saturated carbocycles. The zero-order valence-corrected chi connectivity index (χ0v) is 9.71. The summed E-state index contributed by atoms with van der Waals surface area (Å²) in [6.45, 7) is 1.27. The Kier molecular flexibility index (Phi) is 3.51. The Morgan fingerprint density at radius 2 is 2.12 bits per heavy atom. The van der Waals surface area contributed by atoms with Gasteiger partial charge in [0.1, 0.15) is 0 Å². The Bertz CT molecular complexity index is 387. The highest BCUT2D eigenvalue weighted by atomic mass is 16.3. The van der Waals surface area contributed by atoms with E-state index in [1.807, 2.05) is 23.1 Å². The maximum Gasteiger partial charge on any atom is 0.0882 e. The van der Waals surface area contributed by atoms with Crippen LogP contribution in [0.5, 0.6) is 0 Å². The minimum absolute atomic E-state index is 0.0792. The van der Waals surface area contributed by atoms with Gasteiger partial charge in [-0.25, -0.2) is 0 Å². The van der Waals surface area contributed by atoms with Gasteiger partial charge in [0.2, 0.25) is 0 Å². The zero-order chi connectivity index (χ0) is 12.4. The molecule has 1 aliphatic rings. The van der Waals surface area contributed by atoms with Crippen LogP contribution in [0.3, 0.4) is 0 Å². The van der Waals surface area contributed by atoms with E-state index in [2.05, 4.69) is 0 Å². The third-order valence-corrected chi connectivity index (χ3v) is 3.21. The number of nitrogens with zero attached hydrogens (tertiary/aromatic N) is 1. The number of aliphatic hydroxyl groups excluding tert-OH is 2. The van der Waals surface area contributed by atoms with Crippen LogP contribution < -0.4 is 16.4 Å². The van der Waals surface area contributed by atoms with Gasteiger partial charge >= 0.3 is 0 Å². The lowest BCUT2D eigenvalue weighted by atomic mass is 10.1. The molecule has 2 rings (SSSR count). The van der Waals surface area contributed by atoms with E-state index in [0.717, 1.165) is 11.3 Å². The second-order valence-electron chi connectivity index (χ2n) is 4.49. The van der Waals surface area contributed by atoms with Gasteiger partial charge in [-0.2, -0.15) is 0 Å². The predicted molar refractivity (Wildman–Crippen MR) is 67.8 cm³/mol. The Labute approximate surface area is 101 Å². The van der Waals surface area contributed by atoms with E-state index in [1.165, 1.54) is 0 Å². The van der Waals surface area contributed by atoms with Crippen molar-refractivity contribution < 1.29 is 10.2 Å². The van der Waals surface area contributed by atoms with Crippen LogP contribution in [0.25, 0.3) is 0 Å². The third-order valence-electron chi connectivity index (χ3n) is 3.21. The highest BCUT2D eigenvalue weighted by molar-refractivity contribution is 5.59. The Morgan fingerprint density at radius 1 is 1.35 bits per heavy atom. The van der Waals surface area contributed by atoms with Crippen LogP contribution in [0.4, 0.5) is 11.4 Å². The maximum atomic E-state index is 9.63. The molecule has 0 spiro atoms. The van der Waals surface area contributed by atoms with E-state index >= 15 is 0 Å². The fraction of sp³-hybridized carbons (Fsp3) is 0.500. The summed E-state index contributed by atoms with van der Waals surface area (Å²) in [7, 11) is 0. The van der Waals surface area contributed by atoms with Gasteiger partial charge in [-0.15, -0.1) is 0 Å². The van der Waals surface area contributed by atoms with Crippen LogP contribution in [0.1, 0.15) is 5.56 Å². The molecule has 5 nitrogen and oxygen atoms in total. The molecule has 1 aliphatic heterocycles. The van der Waals surface area contributed by atoms with Crippen LogP contribution in [0.2, 0.25) is 0 Å². The van der Waals surface area contributed by atoms with Crippen LogP contribution in [0.15, 0.2) is 18.2 Å². The van der Waals surface area contributed by atoms with Crippen LogP contribution in [-0.2, 0) is 6.42 Å². The van der Waals surface area contributed by atoms with E-state index in [0.29, 0.717) is 25.2 Å². The molecule has 0 bridgehead atoms.